The predicted octanol–water partition coefficient (Wildman–Crippen LogP) is 4.48. The van der Waals surface area contributed by atoms with Gasteiger partial charge in [-0.05, 0) is 72.8 Å². The summed E-state index contributed by atoms with van der Waals surface area (Å²) in [4.78, 5) is 50.4. The number of carboxylic acid groups (broad SMARTS) is 2. The number of fused-ring (bicyclic) bond motifs is 3. The lowest BCUT2D eigenvalue weighted by Gasteiger charge is -2.43. The number of aliphatic carboxylic acids is 1. The second kappa shape index (κ2) is 15.7. The SMILES string of the molecule is O=C(N[C@@H](c1ccccc1)c1cccc(OC(=O)c2cccc(CN3CCS[C@H]3C(=O)O)c2)c1)O[C@H]1CN2CCC1CC2.O=CO. The lowest BCUT2D eigenvalue weighted by Crippen LogP contribution is -2.52. The molecule has 0 unspecified atom stereocenters. The third-order valence-corrected chi connectivity index (χ3v) is 9.63. The zero-order valence-electron chi connectivity index (χ0n) is 25.2. The number of amides is 1. The topological polar surface area (TPSA) is 146 Å². The Bertz CT molecular complexity index is 1510. The van der Waals surface area contributed by atoms with Gasteiger partial charge in [0.25, 0.3) is 6.47 Å². The highest BCUT2D eigenvalue weighted by Gasteiger charge is 2.37. The average Bonchev–Trinajstić information content (AvgIpc) is 3.54. The van der Waals surface area contributed by atoms with Crippen molar-refractivity contribution < 1.29 is 38.9 Å². The van der Waals surface area contributed by atoms with Crippen LogP contribution in [0.4, 0.5) is 4.79 Å². The number of carbonyl (C=O) groups excluding carboxylic acids is 2. The number of alkyl carbamates (subject to hydrolysis) is 1. The molecular weight excluding hydrogens is 610 g/mol. The van der Waals surface area contributed by atoms with E-state index in [0.717, 1.165) is 54.9 Å². The van der Waals surface area contributed by atoms with Crippen LogP contribution in [-0.2, 0) is 20.9 Å². The molecule has 3 atom stereocenters. The highest BCUT2D eigenvalue weighted by atomic mass is 32.2. The Kier molecular flexibility index (Phi) is 11.3. The smallest absolute Gasteiger partial charge is 0.408 e. The zero-order valence-corrected chi connectivity index (χ0v) is 26.0. The standard InChI is InChI=1S/C33H35N3O6S.CH2O2/c37-31(38)30-36(16-17-43-30)20-22-6-4-10-26(18-22)32(39)41-27-11-5-9-25(19-27)29(24-7-2-1-3-8-24)34-33(40)42-28-21-35-14-12-23(28)13-15-35;2-1-3/h1-11,18-19,23,28-30H,12-17,20-21H2,(H,34,40)(H,37,38);1H,(H,2,3)/t28-,29-,30-;/m0./s1. The fourth-order valence-electron chi connectivity index (χ4n) is 6.19. The van der Waals surface area contributed by atoms with Crippen molar-refractivity contribution in [1.82, 2.24) is 15.1 Å². The van der Waals surface area contributed by atoms with Gasteiger partial charge in [0.1, 0.15) is 11.9 Å². The maximum absolute atomic E-state index is 13.2. The van der Waals surface area contributed by atoms with E-state index in [1.807, 2.05) is 47.4 Å². The highest BCUT2D eigenvalue weighted by molar-refractivity contribution is 8.00. The highest BCUT2D eigenvalue weighted by Crippen LogP contribution is 2.31. The number of nitrogens with zero attached hydrogens (tertiary/aromatic N) is 2. The van der Waals surface area contributed by atoms with Gasteiger partial charge in [-0.3, -0.25) is 14.6 Å². The maximum atomic E-state index is 13.2. The van der Waals surface area contributed by atoms with Crippen LogP contribution in [0.2, 0.25) is 0 Å². The fraction of sp³-hybridized carbons (Fsp3) is 0.353. The first-order valence-electron chi connectivity index (χ1n) is 15.2. The molecule has 0 aromatic heterocycles. The van der Waals surface area contributed by atoms with E-state index in [1.54, 1.807) is 36.4 Å². The van der Waals surface area contributed by atoms with Gasteiger partial charge in [0, 0.05) is 25.4 Å². The van der Waals surface area contributed by atoms with Gasteiger partial charge in [-0.15, -0.1) is 11.8 Å². The van der Waals surface area contributed by atoms with Crippen molar-refractivity contribution in [2.45, 2.75) is 36.9 Å². The molecule has 1 amide bonds. The molecule has 11 nitrogen and oxygen atoms in total. The Morgan fingerprint density at radius 2 is 1.67 bits per heavy atom. The van der Waals surface area contributed by atoms with Crippen LogP contribution in [0.25, 0.3) is 0 Å². The normalized spacial score (nSPS) is 22.5. The summed E-state index contributed by atoms with van der Waals surface area (Å²) in [6.07, 6.45) is 1.53. The molecule has 12 heteroatoms. The number of carboxylic acids is 1. The molecule has 7 rings (SSSR count). The molecule has 3 aromatic rings. The van der Waals surface area contributed by atoms with E-state index < -0.39 is 29.4 Å². The van der Waals surface area contributed by atoms with Crippen molar-refractivity contribution in [2.24, 2.45) is 5.92 Å². The molecule has 2 bridgehead atoms. The Morgan fingerprint density at radius 3 is 2.37 bits per heavy atom. The number of piperidine rings is 3. The van der Waals surface area contributed by atoms with Crippen molar-refractivity contribution in [2.75, 3.05) is 31.9 Å². The monoisotopic (exact) mass is 647 g/mol. The molecule has 0 spiro atoms. The first-order valence-corrected chi connectivity index (χ1v) is 16.2. The van der Waals surface area contributed by atoms with Crippen LogP contribution in [0.15, 0.2) is 78.9 Å². The molecule has 0 saturated carbocycles. The van der Waals surface area contributed by atoms with Gasteiger partial charge in [0.05, 0.1) is 11.6 Å². The molecule has 0 aliphatic carbocycles. The van der Waals surface area contributed by atoms with Crippen molar-refractivity contribution in [3.8, 4) is 5.75 Å². The third-order valence-electron chi connectivity index (χ3n) is 8.40. The molecule has 4 aliphatic heterocycles. The third kappa shape index (κ3) is 8.45. The van der Waals surface area contributed by atoms with E-state index in [1.165, 1.54) is 11.8 Å². The number of ether oxygens (including phenoxy) is 2. The van der Waals surface area contributed by atoms with Gasteiger partial charge in [-0.2, -0.15) is 0 Å². The lowest BCUT2D eigenvalue weighted by atomic mass is 9.86. The molecule has 3 N–H and O–H groups in total. The van der Waals surface area contributed by atoms with Crippen LogP contribution < -0.4 is 10.1 Å². The van der Waals surface area contributed by atoms with Crippen LogP contribution >= 0.6 is 11.8 Å². The molecule has 242 valence electrons. The Balaban J connectivity index is 0.00000134. The van der Waals surface area contributed by atoms with E-state index >= 15 is 0 Å². The van der Waals surface area contributed by atoms with Gasteiger partial charge in [-0.1, -0.05) is 54.6 Å². The molecule has 4 saturated heterocycles. The molecule has 0 radical (unpaired) electrons. The second-order valence-electron chi connectivity index (χ2n) is 11.4. The average molecular weight is 648 g/mol. The molecule has 3 aromatic carbocycles. The molecule has 4 aliphatic rings. The molecule has 4 heterocycles. The number of nitrogens with one attached hydrogen (secondary N) is 1. The van der Waals surface area contributed by atoms with Crippen LogP contribution in [-0.4, -0.2) is 87.9 Å². The van der Waals surface area contributed by atoms with Crippen LogP contribution in [0.1, 0.15) is 45.9 Å². The zero-order chi connectivity index (χ0) is 32.5. The lowest BCUT2D eigenvalue weighted by molar-refractivity contribution is -0.139. The van der Waals surface area contributed by atoms with Gasteiger partial charge in [0.2, 0.25) is 0 Å². The van der Waals surface area contributed by atoms with Crippen molar-refractivity contribution in [1.29, 1.82) is 0 Å². The summed E-state index contributed by atoms with van der Waals surface area (Å²) in [7, 11) is 0. The van der Waals surface area contributed by atoms with Gasteiger partial charge >= 0.3 is 18.0 Å². The van der Waals surface area contributed by atoms with E-state index in [-0.39, 0.29) is 12.6 Å². The van der Waals surface area contributed by atoms with Crippen LogP contribution in [0, 0.1) is 5.92 Å². The van der Waals surface area contributed by atoms with Crippen molar-refractivity contribution in [3.63, 3.8) is 0 Å². The van der Waals surface area contributed by atoms with E-state index in [4.69, 9.17) is 19.4 Å². The summed E-state index contributed by atoms with van der Waals surface area (Å²) < 4.78 is 11.7. The summed E-state index contributed by atoms with van der Waals surface area (Å²) in [6.45, 7) is 3.76. The van der Waals surface area contributed by atoms with Crippen LogP contribution in [0.3, 0.4) is 0 Å². The number of benzene rings is 3. The Labute approximate surface area is 271 Å². The van der Waals surface area contributed by atoms with E-state index in [9.17, 15) is 19.5 Å². The van der Waals surface area contributed by atoms with E-state index in [2.05, 4.69) is 10.2 Å². The quantitative estimate of drug-likeness (QED) is 0.172. The molecule has 46 heavy (non-hydrogen) atoms. The second-order valence-corrected chi connectivity index (χ2v) is 12.6. The van der Waals surface area contributed by atoms with Gasteiger partial charge in [0.15, 0.2) is 5.37 Å². The van der Waals surface area contributed by atoms with E-state index in [0.29, 0.717) is 30.3 Å². The first kappa shape index (κ1) is 33.0. The Morgan fingerprint density at radius 1 is 0.957 bits per heavy atom. The minimum atomic E-state index is -0.853. The number of hydrogen-bond donors (Lipinski definition) is 3. The summed E-state index contributed by atoms with van der Waals surface area (Å²) in [5.41, 5.74) is 2.85. The summed E-state index contributed by atoms with van der Waals surface area (Å²) in [5, 5.41) is 18.8. The number of rotatable bonds is 9. The van der Waals surface area contributed by atoms with Crippen molar-refractivity contribution in [3.05, 3.63) is 101 Å². The van der Waals surface area contributed by atoms with Gasteiger partial charge in [-0.25, -0.2) is 14.4 Å². The maximum Gasteiger partial charge on any atom is 0.408 e. The first-order chi connectivity index (χ1) is 22.3. The summed E-state index contributed by atoms with van der Waals surface area (Å²) >= 11 is 1.41. The molecular formula is C34H37N3O8S. The predicted molar refractivity (Wildman–Crippen MR) is 172 cm³/mol. The summed E-state index contributed by atoms with van der Waals surface area (Å²) in [6, 6.07) is 23.4. The fourth-order valence-corrected chi connectivity index (χ4v) is 7.28. The number of hydrogen-bond acceptors (Lipinski definition) is 9. The number of thioether (sulfide) groups is 1. The molecule has 4 fully saturated rings. The minimum absolute atomic E-state index is 0.110. The van der Waals surface area contributed by atoms with Crippen LogP contribution in [0.5, 0.6) is 5.75 Å². The summed E-state index contributed by atoms with van der Waals surface area (Å²) in [5.74, 6) is 0.137. The Hall–Kier alpha value is -4.39. The van der Waals surface area contributed by atoms with Crippen molar-refractivity contribution >= 4 is 36.3 Å². The largest absolute Gasteiger partial charge is 0.483 e. The number of esters is 1. The number of carbonyl (C=O) groups is 4. The minimum Gasteiger partial charge on any atom is -0.483 e. The van der Waals surface area contributed by atoms with Gasteiger partial charge < -0.3 is 25.0 Å².